The smallest absolute Gasteiger partial charge is 0.326 e. The summed E-state index contributed by atoms with van der Waals surface area (Å²) in [5, 5.41) is 31.5. The quantitative estimate of drug-likeness (QED) is 0.609. The van der Waals surface area contributed by atoms with Crippen molar-refractivity contribution < 1.29 is 14.8 Å². The van der Waals surface area contributed by atoms with Crippen molar-refractivity contribution in [2.24, 2.45) is 5.92 Å². The lowest BCUT2D eigenvalue weighted by atomic mass is 10.0. The third-order valence-corrected chi connectivity index (χ3v) is 2.66. The van der Waals surface area contributed by atoms with Crippen LogP contribution in [0.5, 0.6) is 0 Å². The van der Waals surface area contributed by atoms with E-state index >= 15 is 0 Å². The predicted molar refractivity (Wildman–Crippen MR) is 72.3 cm³/mol. The van der Waals surface area contributed by atoms with Crippen LogP contribution in [0.3, 0.4) is 0 Å². The minimum atomic E-state index is -1.09. The standard InChI is InChI=1S/C13H15N3O4/c1-8(2)5-11(13(17)18)15-10-6-9(7-14)3-4-12(10)16(19)20/h3-4,6,8,11,15H,5H2,1-2H3,(H,17,18). The minimum absolute atomic E-state index is 0.0436. The van der Waals surface area contributed by atoms with Crippen LogP contribution in [0.25, 0.3) is 0 Å². The number of aliphatic carboxylic acids is 1. The minimum Gasteiger partial charge on any atom is -0.480 e. The topological polar surface area (TPSA) is 116 Å². The van der Waals surface area contributed by atoms with Crippen LogP contribution >= 0.6 is 0 Å². The van der Waals surface area contributed by atoms with Crippen LogP contribution in [0.15, 0.2) is 18.2 Å². The lowest BCUT2D eigenvalue weighted by Gasteiger charge is -2.17. The highest BCUT2D eigenvalue weighted by atomic mass is 16.6. The second-order valence-corrected chi connectivity index (χ2v) is 4.77. The first-order valence-corrected chi connectivity index (χ1v) is 6.03. The Morgan fingerprint density at radius 1 is 1.55 bits per heavy atom. The molecule has 1 unspecified atom stereocenters. The van der Waals surface area contributed by atoms with Crippen molar-refractivity contribution in [3.8, 4) is 6.07 Å². The molecule has 1 rings (SSSR count). The van der Waals surface area contributed by atoms with Crippen LogP contribution in [0, 0.1) is 27.4 Å². The van der Waals surface area contributed by atoms with Crippen molar-refractivity contribution >= 4 is 17.3 Å². The molecule has 0 aliphatic carbocycles. The molecular weight excluding hydrogens is 262 g/mol. The Morgan fingerprint density at radius 2 is 2.20 bits per heavy atom. The van der Waals surface area contributed by atoms with E-state index in [9.17, 15) is 14.9 Å². The molecule has 0 saturated carbocycles. The van der Waals surface area contributed by atoms with Gasteiger partial charge in [0.2, 0.25) is 0 Å². The maximum Gasteiger partial charge on any atom is 0.326 e. The first-order valence-electron chi connectivity index (χ1n) is 6.03. The van der Waals surface area contributed by atoms with Gasteiger partial charge < -0.3 is 10.4 Å². The molecule has 0 saturated heterocycles. The number of nitrogens with one attached hydrogen (secondary N) is 1. The number of anilines is 1. The lowest BCUT2D eigenvalue weighted by Crippen LogP contribution is -2.31. The average Bonchev–Trinajstić information content (AvgIpc) is 2.36. The van der Waals surface area contributed by atoms with Crippen molar-refractivity contribution in [1.29, 1.82) is 5.26 Å². The van der Waals surface area contributed by atoms with Crippen molar-refractivity contribution in [3.63, 3.8) is 0 Å². The Labute approximate surface area is 116 Å². The molecule has 0 heterocycles. The molecule has 1 atom stereocenters. The number of hydrogen-bond acceptors (Lipinski definition) is 5. The van der Waals surface area contributed by atoms with E-state index in [1.165, 1.54) is 18.2 Å². The molecule has 7 nitrogen and oxygen atoms in total. The fourth-order valence-electron chi connectivity index (χ4n) is 1.76. The van der Waals surface area contributed by atoms with Gasteiger partial charge in [-0.3, -0.25) is 10.1 Å². The number of carbonyl (C=O) groups is 1. The van der Waals surface area contributed by atoms with Crippen LogP contribution < -0.4 is 5.32 Å². The van der Waals surface area contributed by atoms with E-state index in [0.717, 1.165) is 0 Å². The van der Waals surface area contributed by atoms with Gasteiger partial charge >= 0.3 is 5.97 Å². The van der Waals surface area contributed by atoms with E-state index in [1.54, 1.807) is 0 Å². The molecule has 0 aromatic heterocycles. The summed E-state index contributed by atoms with van der Waals surface area (Å²) in [6.45, 7) is 3.72. The zero-order chi connectivity index (χ0) is 15.3. The van der Waals surface area contributed by atoms with Crippen molar-refractivity contribution in [2.45, 2.75) is 26.3 Å². The number of rotatable bonds is 6. The molecule has 2 N–H and O–H groups in total. The summed E-state index contributed by atoms with van der Waals surface area (Å²) in [5.41, 5.74) is 0.0212. The maximum atomic E-state index is 11.2. The number of nitriles is 1. The number of hydrogen-bond donors (Lipinski definition) is 2. The third-order valence-electron chi connectivity index (χ3n) is 2.66. The molecule has 106 valence electrons. The molecule has 0 radical (unpaired) electrons. The van der Waals surface area contributed by atoms with Crippen molar-refractivity contribution in [2.75, 3.05) is 5.32 Å². The van der Waals surface area contributed by atoms with E-state index in [1.807, 2.05) is 19.9 Å². The Kier molecular flexibility index (Phi) is 5.03. The Bertz CT molecular complexity index is 563. The average molecular weight is 277 g/mol. The van der Waals surface area contributed by atoms with Gasteiger partial charge in [0, 0.05) is 6.07 Å². The molecule has 0 fully saturated rings. The summed E-state index contributed by atoms with van der Waals surface area (Å²) in [7, 11) is 0. The van der Waals surface area contributed by atoms with Gasteiger partial charge in [-0.05, 0) is 24.5 Å². The fourth-order valence-corrected chi connectivity index (χ4v) is 1.76. The molecule has 7 heteroatoms. The number of nitro groups is 1. The highest BCUT2D eigenvalue weighted by Gasteiger charge is 2.23. The monoisotopic (exact) mass is 277 g/mol. The van der Waals surface area contributed by atoms with Gasteiger partial charge in [-0.15, -0.1) is 0 Å². The number of nitro benzene ring substituents is 1. The van der Waals surface area contributed by atoms with Crippen LogP contribution in [-0.2, 0) is 4.79 Å². The number of nitrogens with zero attached hydrogens (tertiary/aromatic N) is 2. The van der Waals surface area contributed by atoms with Gasteiger partial charge in [0.25, 0.3) is 5.69 Å². The molecule has 0 spiro atoms. The fraction of sp³-hybridized carbons (Fsp3) is 0.385. The van der Waals surface area contributed by atoms with E-state index in [4.69, 9.17) is 10.4 Å². The van der Waals surface area contributed by atoms with Gasteiger partial charge in [0.1, 0.15) is 11.7 Å². The summed E-state index contributed by atoms with van der Waals surface area (Å²) >= 11 is 0. The van der Waals surface area contributed by atoms with Gasteiger partial charge in [-0.25, -0.2) is 4.79 Å². The Morgan fingerprint density at radius 3 is 2.65 bits per heavy atom. The van der Waals surface area contributed by atoms with E-state index in [0.29, 0.717) is 6.42 Å². The number of benzene rings is 1. The van der Waals surface area contributed by atoms with Crippen molar-refractivity contribution in [1.82, 2.24) is 0 Å². The maximum absolute atomic E-state index is 11.2. The summed E-state index contributed by atoms with van der Waals surface area (Å²) in [5.74, 6) is -0.975. The van der Waals surface area contributed by atoms with Gasteiger partial charge in [-0.2, -0.15) is 5.26 Å². The summed E-state index contributed by atoms with van der Waals surface area (Å²) in [6, 6.07) is 4.72. The third kappa shape index (κ3) is 3.95. The molecule has 1 aromatic carbocycles. The molecule has 0 bridgehead atoms. The number of carboxylic acid groups (broad SMARTS) is 1. The molecular formula is C13H15N3O4. The second kappa shape index (κ2) is 6.52. The summed E-state index contributed by atoms with van der Waals surface area (Å²) < 4.78 is 0. The summed E-state index contributed by atoms with van der Waals surface area (Å²) in [4.78, 5) is 21.5. The Hall–Kier alpha value is -2.62. The van der Waals surface area contributed by atoms with Gasteiger partial charge in [-0.1, -0.05) is 13.8 Å². The molecule has 0 amide bonds. The lowest BCUT2D eigenvalue weighted by molar-refractivity contribution is -0.384. The van der Waals surface area contributed by atoms with Crippen LogP contribution in [0.2, 0.25) is 0 Å². The number of carboxylic acids is 1. The van der Waals surface area contributed by atoms with E-state index < -0.39 is 16.9 Å². The van der Waals surface area contributed by atoms with Gasteiger partial charge in [0.15, 0.2) is 0 Å². The zero-order valence-corrected chi connectivity index (χ0v) is 11.2. The normalized spacial score (nSPS) is 11.7. The molecule has 20 heavy (non-hydrogen) atoms. The van der Waals surface area contributed by atoms with Crippen molar-refractivity contribution in [3.05, 3.63) is 33.9 Å². The van der Waals surface area contributed by atoms with Crippen LogP contribution in [0.1, 0.15) is 25.8 Å². The predicted octanol–water partition coefficient (Wildman–Crippen LogP) is 2.38. The molecule has 0 aliphatic rings. The molecule has 1 aromatic rings. The first-order chi connectivity index (χ1) is 9.35. The van der Waals surface area contributed by atoms with Crippen LogP contribution in [0.4, 0.5) is 11.4 Å². The SMILES string of the molecule is CC(C)CC(Nc1cc(C#N)ccc1[N+](=O)[O-])C(=O)O. The molecule has 0 aliphatic heterocycles. The Balaban J connectivity index is 3.13. The highest BCUT2D eigenvalue weighted by Crippen LogP contribution is 2.27. The first kappa shape index (κ1) is 15.4. The van der Waals surface area contributed by atoms with Crippen LogP contribution in [-0.4, -0.2) is 22.0 Å². The van der Waals surface area contributed by atoms with E-state index in [2.05, 4.69) is 5.32 Å². The summed E-state index contributed by atoms with van der Waals surface area (Å²) in [6.07, 6.45) is 0.323. The van der Waals surface area contributed by atoms with E-state index in [-0.39, 0.29) is 22.9 Å². The zero-order valence-electron chi connectivity index (χ0n) is 11.2. The largest absolute Gasteiger partial charge is 0.480 e. The highest BCUT2D eigenvalue weighted by molar-refractivity contribution is 5.79. The van der Waals surface area contributed by atoms with Gasteiger partial charge in [0.05, 0.1) is 16.6 Å². The second-order valence-electron chi connectivity index (χ2n) is 4.77.